The lowest BCUT2D eigenvalue weighted by Gasteiger charge is -2.24. The molecule has 3 rings (SSSR count). The molecule has 0 atom stereocenters. The van der Waals surface area contributed by atoms with Crippen LogP contribution in [0, 0.1) is 17.6 Å². The predicted molar refractivity (Wildman–Crippen MR) is 97.7 cm³/mol. The molecular formula is C19H20F2N4O. The van der Waals surface area contributed by atoms with Crippen LogP contribution in [0.2, 0.25) is 0 Å². The SMILES string of the molecule is NC(=NCc1cccc(NC(=O)C2CCC2)c1)Nc1cc(F)ccc1F. The summed E-state index contributed by atoms with van der Waals surface area (Å²) in [4.78, 5) is 16.1. The molecule has 0 bridgehead atoms. The first-order valence-corrected chi connectivity index (χ1v) is 8.43. The quantitative estimate of drug-likeness (QED) is 0.564. The average molecular weight is 358 g/mol. The van der Waals surface area contributed by atoms with E-state index in [-0.39, 0.29) is 30.0 Å². The summed E-state index contributed by atoms with van der Waals surface area (Å²) < 4.78 is 26.7. The maximum Gasteiger partial charge on any atom is 0.227 e. The smallest absolute Gasteiger partial charge is 0.227 e. The summed E-state index contributed by atoms with van der Waals surface area (Å²) in [7, 11) is 0. The van der Waals surface area contributed by atoms with Gasteiger partial charge in [-0.3, -0.25) is 4.79 Å². The summed E-state index contributed by atoms with van der Waals surface area (Å²) in [5.41, 5.74) is 7.20. The Labute approximate surface area is 150 Å². The molecule has 0 saturated heterocycles. The van der Waals surface area contributed by atoms with E-state index in [1.54, 1.807) is 0 Å². The van der Waals surface area contributed by atoms with Crippen LogP contribution in [0.3, 0.4) is 0 Å². The molecule has 1 aliphatic carbocycles. The van der Waals surface area contributed by atoms with Crippen molar-refractivity contribution in [3.8, 4) is 0 Å². The number of nitrogens with one attached hydrogen (secondary N) is 2. The van der Waals surface area contributed by atoms with E-state index >= 15 is 0 Å². The number of nitrogens with two attached hydrogens (primary N) is 1. The Morgan fingerprint density at radius 1 is 1.15 bits per heavy atom. The number of anilines is 2. The number of guanidine groups is 1. The number of hydrogen-bond donors (Lipinski definition) is 3. The Balaban J connectivity index is 1.61. The molecule has 1 saturated carbocycles. The second-order valence-corrected chi connectivity index (χ2v) is 6.27. The Morgan fingerprint density at radius 3 is 2.69 bits per heavy atom. The van der Waals surface area contributed by atoms with Gasteiger partial charge in [0.2, 0.25) is 5.91 Å². The summed E-state index contributed by atoms with van der Waals surface area (Å²) in [5, 5.41) is 5.44. The summed E-state index contributed by atoms with van der Waals surface area (Å²) in [5.74, 6) is -1.07. The zero-order chi connectivity index (χ0) is 18.5. The first-order chi connectivity index (χ1) is 12.5. The van der Waals surface area contributed by atoms with Crippen LogP contribution in [0.4, 0.5) is 20.2 Å². The van der Waals surface area contributed by atoms with E-state index in [9.17, 15) is 13.6 Å². The first-order valence-electron chi connectivity index (χ1n) is 8.43. The molecule has 0 aliphatic heterocycles. The van der Waals surface area contributed by atoms with Gasteiger partial charge >= 0.3 is 0 Å². The van der Waals surface area contributed by atoms with Gasteiger partial charge < -0.3 is 16.4 Å². The standard InChI is InChI=1S/C19H20F2N4O/c20-14-7-8-16(21)17(10-14)25-19(22)23-11-12-3-1-6-15(9-12)24-18(26)13-4-2-5-13/h1,3,6-10,13H,2,4-5,11H2,(H,24,26)(H3,22,23,25). The van der Waals surface area contributed by atoms with Crippen LogP contribution in [-0.2, 0) is 11.3 Å². The minimum absolute atomic E-state index is 0.0293. The lowest BCUT2D eigenvalue weighted by Crippen LogP contribution is -2.28. The number of rotatable bonds is 5. The number of hydrogen-bond acceptors (Lipinski definition) is 2. The molecule has 0 spiro atoms. The fourth-order valence-electron chi connectivity index (χ4n) is 2.61. The fourth-order valence-corrected chi connectivity index (χ4v) is 2.61. The molecule has 2 aromatic carbocycles. The van der Waals surface area contributed by atoms with Gasteiger partial charge in [0.05, 0.1) is 12.2 Å². The summed E-state index contributed by atoms with van der Waals surface area (Å²) in [6.07, 6.45) is 2.98. The van der Waals surface area contributed by atoms with Gasteiger partial charge in [-0.2, -0.15) is 0 Å². The van der Waals surface area contributed by atoms with Crippen molar-refractivity contribution in [3.63, 3.8) is 0 Å². The van der Waals surface area contributed by atoms with Gasteiger partial charge in [-0.1, -0.05) is 18.6 Å². The minimum atomic E-state index is -0.620. The van der Waals surface area contributed by atoms with Crippen molar-refractivity contribution in [2.75, 3.05) is 10.6 Å². The third-order valence-electron chi connectivity index (χ3n) is 4.29. The number of carbonyl (C=O) groups is 1. The van der Waals surface area contributed by atoms with Crippen LogP contribution in [-0.4, -0.2) is 11.9 Å². The molecule has 1 amide bonds. The lowest BCUT2D eigenvalue weighted by molar-refractivity contribution is -0.122. The minimum Gasteiger partial charge on any atom is -0.370 e. The number of carbonyl (C=O) groups excluding carboxylic acids is 1. The van der Waals surface area contributed by atoms with Crippen LogP contribution >= 0.6 is 0 Å². The Morgan fingerprint density at radius 2 is 1.96 bits per heavy atom. The van der Waals surface area contributed by atoms with E-state index < -0.39 is 11.6 Å². The Hall–Kier alpha value is -2.96. The van der Waals surface area contributed by atoms with Crippen molar-refractivity contribution in [1.82, 2.24) is 0 Å². The lowest BCUT2D eigenvalue weighted by atomic mass is 9.85. The fraction of sp³-hybridized carbons (Fsp3) is 0.263. The molecule has 7 heteroatoms. The highest BCUT2D eigenvalue weighted by atomic mass is 19.1. The maximum absolute atomic E-state index is 13.6. The maximum atomic E-state index is 13.6. The first kappa shape index (κ1) is 17.8. The topological polar surface area (TPSA) is 79.5 Å². The Kier molecular flexibility index (Phi) is 5.46. The molecule has 0 heterocycles. The molecule has 2 aromatic rings. The highest BCUT2D eigenvalue weighted by Gasteiger charge is 2.25. The van der Waals surface area contributed by atoms with E-state index in [2.05, 4.69) is 15.6 Å². The van der Waals surface area contributed by atoms with Gasteiger partial charge in [0.1, 0.15) is 11.6 Å². The highest BCUT2D eigenvalue weighted by molar-refractivity contribution is 5.93. The second-order valence-electron chi connectivity index (χ2n) is 6.27. The number of aliphatic imine (C=N–C) groups is 1. The molecule has 1 aliphatic rings. The van der Waals surface area contributed by atoms with E-state index in [0.717, 1.165) is 43.0 Å². The predicted octanol–water partition coefficient (Wildman–Crippen LogP) is 3.63. The summed E-state index contributed by atoms with van der Waals surface area (Å²) in [6, 6.07) is 10.3. The number of halogens is 2. The molecular weight excluding hydrogens is 338 g/mol. The zero-order valence-electron chi connectivity index (χ0n) is 14.1. The average Bonchev–Trinajstić information content (AvgIpc) is 2.55. The molecule has 0 aromatic heterocycles. The van der Waals surface area contributed by atoms with Crippen LogP contribution in [0.15, 0.2) is 47.5 Å². The number of nitrogens with zero attached hydrogens (tertiary/aromatic N) is 1. The Bertz CT molecular complexity index is 834. The molecule has 136 valence electrons. The van der Waals surface area contributed by atoms with Crippen molar-refractivity contribution in [3.05, 3.63) is 59.7 Å². The summed E-state index contributed by atoms with van der Waals surface area (Å²) >= 11 is 0. The third kappa shape index (κ3) is 4.56. The van der Waals surface area contributed by atoms with Crippen molar-refractivity contribution in [1.29, 1.82) is 0 Å². The van der Waals surface area contributed by atoms with Gasteiger partial charge in [0, 0.05) is 17.7 Å². The van der Waals surface area contributed by atoms with Crippen LogP contribution < -0.4 is 16.4 Å². The van der Waals surface area contributed by atoms with Gasteiger partial charge in [-0.25, -0.2) is 13.8 Å². The molecule has 4 N–H and O–H groups in total. The van der Waals surface area contributed by atoms with Crippen LogP contribution in [0.25, 0.3) is 0 Å². The van der Waals surface area contributed by atoms with Gasteiger partial charge in [-0.05, 0) is 42.7 Å². The van der Waals surface area contributed by atoms with Crippen molar-refractivity contribution < 1.29 is 13.6 Å². The second kappa shape index (κ2) is 7.95. The van der Waals surface area contributed by atoms with Crippen molar-refractivity contribution >= 4 is 23.2 Å². The number of amides is 1. The van der Waals surface area contributed by atoms with E-state index in [1.807, 2.05) is 24.3 Å². The zero-order valence-corrected chi connectivity index (χ0v) is 14.1. The highest BCUT2D eigenvalue weighted by Crippen LogP contribution is 2.27. The third-order valence-corrected chi connectivity index (χ3v) is 4.29. The molecule has 5 nitrogen and oxygen atoms in total. The van der Waals surface area contributed by atoms with Crippen LogP contribution in [0.5, 0.6) is 0 Å². The van der Waals surface area contributed by atoms with E-state index in [1.165, 1.54) is 0 Å². The van der Waals surface area contributed by atoms with E-state index in [4.69, 9.17) is 5.73 Å². The largest absolute Gasteiger partial charge is 0.370 e. The summed E-state index contributed by atoms with van der Waals surface area (Å²) in [6.45, 7) is 0.239. The monoisotopic (exact) mass is 358 g/mol. The molecule has 0 radical (unpaired) electrons. The molecule has 1 fully saturated rings. The van der Waals surface area contributed by atoms with Crippen molar-refractivity contribution in [2.45, 2.75) is 25.8 Å². The normalized spacial score (nSPS) is 14.6. The van der Waals surface area contributed by atoms with Gasteiger partial charge in [0.15, 0.2) is 5.96 Å². The van der Waals surface area contributed by atoms with Crippen LogP contribution in [0.1, 0.15) is 24.8 Å². The van der Waals surface area contributed by atoms with E-state index in [0.29, 0.717) is 5.69 Å². The molecule has 26 heavy (non-hydrogen) atoms. The number of benzene rings is 2. The molecule has 0 unspecified atom stereocenters. The van der Waals surface area contributed by atoms with Gasteiger partial charge in [-0.15, -0.1) is 0 Å². The van der Waals surface area contributed by atoms with Gasteiger partial charge in [0.25, 0.3) is 0 Å². The van der Waals surface area contributed by atoms with Crippen molar-refractivity contribution in [2.24, 2.45) is 16.6 Å².